The molecule has 2 atom stereocenters. The van der Waals surface area contributed by atoms with E-state index in [1.54, 1.807) is 24.0 Å². The Hall–Kier alpha value is -2.50. The number of carboxylic acids is 1. The maximum absolute atomic E-state index is 13.4. The zero-order valence-electron chi connectivity index (χ0n) is 23.4. The molecule has 7 nitrogen and oxygen atoms in total. The number of carbonyl (C=O) groups excluding carboxylic acids is 1. The van der Waals surface area contributed by atoms with E-state index in [0.29, 0.717) is 24.3 Å². The molecule has 1 aliphatic carbocycles. The van der Waals surface area contributed by atoms with Crippen molar-refractivity contribution < 1.29 is 23.8 Å². The van der Waals surface area contributed by atoms with Gasteiger partial charge in [-0.15, -0.1) is 0 Å². The topological polar surface area (TPSA) is 102 Å². The van der Waals surface area contributed by atoms with Gasteiger partial charge in [-0.3, -0.25) is 4.79 Å². The molecule has 1 amide bonds. The molecule has 3 aromatic rings. The standard InChI is InChI=1S/C32H40N2O5S.Li.H/c1-22-8-6-7-11-25(22)27-18-24(12-14-26(27)31(35)34-28(32(36)37)16-17-40-2)20-38-29(30-19-33-21-39-30)15-13-23-9-4-3-5-10-23;;/h6-8,11-12,14,18-19,21,23,28-29H,3-5,9-10,13,15-17,20H2,1-2H3,(H,34,35)(H,36,37);;/t28-,29?;;/m0../s1. The minimum atomic E-state index is -1.03. The third-order valence-electron chi connectivity index (χ3n) is 7.76. The second-order valence-corrected chi connectivity index (χ2v) is 11.6. The van der Waals surface area contributed by atoms with E-state index in [-0.39, 0.29) is 25.0 Å². The first-order chi connectivity index (χ1) is 19.5. The van der Waals surface area contributed by atoms with E-state index in [1.165, 1.54) is 38.5 Å². The summed E-state index contributed by atoms with van der Waals surface area (Å²) in [5, 5.41) is 12.4. The van der Waals surface area contributed by atoms with Crippen LogP contribution in [0.25, 0.3) is 11.1 Å². The molecule has 0 saturated heterocycles. The molecule has 216 valence electrons. The van der Waals surface area contributed by atoms with Crippen molar-refractivity contribution in [1.29, 1.82) is 0 Å². The summed E-state index contributed by atoms with van der Waals surface area (Å²) in [5.74, 6) is 0.683. The van der Waals surface area contributed by atoms with Crippen molar-refractivity contribution in [1.82, 2.24) is 10.3 Å². The van der Waals surface area contributed by atoms with Crippen LogP contribution in [0.4, 0.5) is 0 Å². The van der Waals surface area contributed by atoms with Gasteiger partial charge in [0, 0.05) is 5.56 Å². The molecule has 41 heavy (non-hydrogen) atoms. The number of carbonyl (C=O) groups is 2. The van der Waals surface area contributed by atoms with E-state index >= 15 is 0 Å². The van der Waals surface area contributed by atoms with Gasteiger partial charge in [0.25, 0.3) is 5.91 Å². The Morgan fingerprint density at radius 2 is 1.90 bits per heavy atom. The molecule has 4 rings (SSSR count). The molecule has 1 unspecified atom stereocenters. The van der Waals surface area contributed by atoms with Crippen LogP contribution in [0.5, 0.6) is 0 Å². The molecule has 1 saturated carbocycles. The second kappa shape index (κ2) is 16.8. The number of aromatic nitrogens is 1. The molecule has 0 aliphatic heterocycles. The molecular weight excluding hydrogens is 531 g/mol. The molecular formula is C32H41LiN2O5S. The van der Waals surface area contributed by atoms with Gasteiger partial charge in [0.2, 0.25) is 0 Å². The summed E-state index contributed by atoms with van der Waals surface area (Å²) >= 11 is 1.55. The Bertz CT molecular complexity index is 1250. The second-order valence-electron chi connectivity index (χ2n) is 10.6. The summed E-state index contributed by atoms with van der Waals surface area (Å²) < 4.78 is 12.0. The van der Waals surface area contributed by atoms with Gasteiger partial charge in [-0.1, -0.05) is 62.4 Å². The van der Waals surface area contributed by atoms with Crippen LogP contribution in [0.3, 0.4) is 0 Å². The first kappa shape index (κ1) is 33.0. The van der Waals surface area contributed by atoms with E-state index < -0.39 is 17.9 Å². The van der Waals surface area contributed by atoms with Crippen LogP contribution in [-0.4, -0.2) is 58.9 Å². The Morgan fingerprint density at radius 1 is 1.12 bits per heavy atom. The summed E-state index contributed by atoms with van der Waals surface area (Å²) in [4.78, 5) is 29.3. The number of ether oxygens (including phenoxy) is 1. The quantitative estimate of drug-likeness (QED) is 0.211. The van der Waals surface area contributed by atoms with Gasteiger partial charge in [-0.25, -0.2) is 9.78 Å². The van der Waals surface area contributed by atoms with Gasteiger partial charge in [0.05, 0.1) is 12.8 Å². The average molecular weight is 573 g/mol. The minimum absolute atomic E-state index is 0. The van der Waals surface area contributed by atoms with Crippen molar-refractivity contribution in [2.24, 2.45) is 5.92 Å². The van der Waals surface area contributed by atoms with Crippen LogP contribution < -0.4 is 5.32 Å². The van der Waals surface area contributed by atoms with Crippen LogP contribution in [0.2, 0.25) is 0 Å². The molecule has 1 aliphatic rings. The molecule has 0 spiro atoms. The monoisotopic (exact) mass is 572 g/mol. The van der Waals surface area contributed by atoms with Crippen molar-refractivity contribution in [2.75, 3.05) is 12.0 Å². The Balaban J connectivity index is 0.00000462. The number of thioether (sulfide) groups is 1. The van der Waals surface area contributed by atoms with Crippen molar-refractivity contribution in [3.05, 3.63) is 77.5 Å². The fraction of sp³-hybridized carbons (Fsp3) is 0.469. The van der Waals surface area contributed by atoms with Crippen LogP contribution in [0, 0.1) is 12.8 Å². The summed E-state index contributed by atoms with van der Waals surface area (Å²) in [5.41, 5.74) is 4.07. The van der Waals surface area contributed by atoms with E-state index in [1.807, 2.05) is 49.6 Å². The van der Waals surface area contributed by atoms with Crippen molar-refractivity contribution in [3.63, 3.8) is 0 Å². The molecule has 0 radical (unpaired) electrons. The zero-order valence-corrected chi connectivity index (χ0v) is 24.3. The Kier molecular flexibility index (Phi) is 13.5. The van der Waals surface area contributed by atoms with Crippen LogP contribution in [0.15, 0.2) is 59.5 Å². The van der Waals surface area contributed by atoms with Gasteiger partial charge >= 0.3 is 24.8 Å². The number of nitrogens with zero attached hydrogens (tertiary/aromatic N) is 1. The number of hydrogen-bond acceptors (Lipinski definition) is 6. The zero-order chi connectivity index (χ0) is 28.3. The van der Waals surface area contributed by atoms with Gasteiger partial charge in [0.15, 0.2) is 12.2 Å². The number of aryl methyl sites for hydroxylation is 1. The molecule has 2 N–H and O–H groups in total. The fourth-order valence-electron chi connectivity index (χ4n) is 5.46. The third-order valence-corrected chi connectivity index (χ3v) is 8.40. The SMILES string of the molecule is CSCC[C@H](NC(=O)c1ccc(COC(CCC2CCCCC2)c2cnco2)cc1-c1ccccc1C)C(=O)O.[LiH]. The molecule has 1 aromatic heterocycles. The average Bonchev–Trinajstić information content (AvgIpc) is 3.51. The summed E-state index contributed by atoms with van der Waals surface area (Å²) in [6.45, 7) is 2.35. The predicted octanol–water partition coefficient (Wildman–Crippen LogP) is 6.56. The number of rotatable bonds is 14. The molecule has 1 heterocycles. The van der Waals surface area contributed by atoms with Gasteiger partial charge in [-0.05, 0) is 78.5 Å². The molecule has 0 bridgehead atoms. The van der Waals surface area contributed by atoms with Crippen LogP contribution in [-0.2, 0) is 16.1 Å². The fourth-order valence-corrected chi connectivity index (χ4v) is 5.93. The number of amides is 1. The molecule has 1 fully saturated rings. The number of nitrogens with one attached hydrogen (secondary N) is 1. The van der Waals surface area contributed by atoms with Crippen molar-refractivity contribution in [3.8, 4) is 11.1 Å². The maximum atomic E-state index is 13.4. The van der Waals surface area contributed by atoms with E-state index in [4.69, 9.17) is 9.15 Å². The van der Waals surface area contributed by atoms with Gasteiger partial charge in [0.1, 0.15) is 12.1 Å². The molecule has 9 heteroatoms. The number of hydrogen-bond donors (Lipinski definition) is 2. The van der Waals surface area contributed by atoms with E-state index in [2.05, 4.69) is 10.3 Å². The van der Waals surface area contributed by atoms with Crippen LogP contribution in [0.1, 0.15) is 84.7 Å². The number of aliphatic carboxylic acids is 1. The van der Waals surface area contributed by atoms with E-state index in [9.17, 15) is 14.7 Å². The van der Waals surface area contributed by atoms with Gasteiger partial charge < -0.3 is 19.6 Å². The summed E-state index contributed by atoms with van der Waals surface area (Å²) in [6.07, 6.45) is 13.8. The van der Waals surface area contributed by atoms with Gasteiger partial charge in [-0.2, -0.15) is 11.8 Å². The number of carboxylic acid groups (broad SMARTS) is 1. The summed E-state index contributed by atoms with van der Waals surface area (Å²) in [6, 6.07) is 12.6. The number of oxazole rings is 1. The normalized spacial score (nSPS) is 15.1. The number of benzene rings is 2. The Morgan fingerprint density at radius 3 is 2.59 bits per heavy atom. The predicted molar refractivity (Wildman–Crippen MR) is 165 cm³/mol. The first-order valence-corrected chi connectivity index (χ1v) is 15.6. The Labute approximate surface area is 259 Å². The van der Waals surface area contributed by atoms with Crippen molar-refractivity contribution >= 4 is 42.5 Å². The van der Waals surface area contributed by atoms with Crippen molar-refractivity contribution in [2.45, 2.75) is 77.0 Å². The third kappa shape index (κ3) is 9.51. The van der Waals surface area contributed by atoms with Crippen LogP contribution >= 0.6 is 11.8 Å². The van der Waals surface area contributed by atoms with E-state index in [0.717, 1.165) is 46.8 Å². The molecule has 2 aromatic carbocycles. The summed E-state index contributed by atoms with van der Waals surface area (Å²) in [7, 11) is 0. The first-order valence-electron chi connectivity index (χ1n) is 14.2.